The molecule has 0 saturated carbocycles. The van der Waals surface area contributed by atoms with E-state index >= 15 is 0 Å². The van der Waals surface area contributed by atoms with Gasteiger partial charge in [0.25, 0.3) is 0 Å². The Morgan fingerprint density at radius 2 is 2.11 bits per heavy atom. The molecule has 0 amide bonds. The number of anilines is 1. The number of fused-ring (bicyclic) bond motifs is 1. The second-order valence-corrected chi connectivity index (χ2v) is 4.70. The summed E-state index contributed by atoms with van der Waals surface area (Å²) in [6.07, 6.45) is 4.79. The molecule has 3 heterocycles. The molecule has 0 atom stereocenters. The van der Waals surface area contributed by atoms with Crippen molar-refractivity contribution in [2.45, 2.75) is 19.9 Å². The fraction of sp³-hybridized carbons (Fsp3) is 0.231. The Hall–Kier alpha value is -2.37. The van der Waals surface area contributed by atoms with Crippen LogP contribution in [0.1, 0.15) is 19.9 Å². The molecule has 0 unspecified atom stereocenters. The highest BCUT2D eigenvalue weighted by Gasteiger charge is 2.16. The number of nitrogens with zero attached hydrogens (tertiary/aromatic N) is 4. The van der Waals surface area contributed by atoms with Gasteiger partial charge in [-0.15, -0.1) is 0 Å². The summed E-state index contributed by atoms with van der Waals surface area (Å²) in [7, 11) is 0. The third-order valence-electron chi connectivity index (χ3n) is 3.08. The molecule has 6 heteroatoms. The molecule has 0 radical (unpaired) electrons. The van der Waals surface area contributed by atoms with Crippen molar-refractivity contribution in [2.75, 3.05) is 5.73 Å². The van der Waals surface area contributed by atoms with E-state index < -0.39 is 0 Å². The number of nitrogens with two attached hydrogens (primary N) is 1. The van der Waals surface area contributed by atoms with Crippen molar-refractivity contribution in [1.82, 2.24) is 18.9 Å². The number of halogens is 1. The normalized spacial score (nSPS) is 11.6. The predicted molar refractivity (Wildman–Crippen MR) is 71.2 cm³/mol. The lowest BCUT2D eigenvalue weighted by molar-refractivity contribution is 0.605. The van der Waals surface area contributed by atoms with Crippen LogP contribution in [0, 0.1) is 5.82 Å². The van der Waals surface area contributed by atoms with Crippen LogP contribution in [0.5, 0.6) is 0 Å². The molecule has 3 aromatic rings. The molecule has 3 rings (SSSR count). The van der Waals surface area contributed by atoms with Gasteiger partial charge in [-0.2, -0.15) is 0 Å². The van der Waals surface area contributed by atoms with Gasteiger partial charge in [-0.1, -0.05) is 0 Å². The van der Waals surface area contributed by atoms with Crippen LogP contribution >= 0.6 is 0 Å². The Morgan fingerprint density at radius 3 is 2.84 bits per heavy atom. The molecule has 0 aromatic carbocycles. The smallest absolute Gasteiger partial charge is 0.140 e. The quantitative estimate of drug-likeness (QED) is 0.769. The number of hydrogen-bond donors (Lipinski definition) is 1. The van der Waals surface area contributed by atoms with Gasteiger partial charge >= 0.3 is 0 Å². The third kappa shape index (κ3) is 1.76. The fourth-order valence-corrected chi connectivity index (χ4v) is 2.12. The molecule has 0 aliphatic carbocycles. The van der Waals surface area contributed by atoms with Crippen LogP contribution in [0.2, 0.25) is 0 Å². The number of pyridine rings is 1. The molecule has 5 nitrogen and oxygen atoms in total. The van der Waals surface area contributed by atoms with Crippen LogP contribution in [0.4, 0.5) is 10.2 Å². The van der Waals surface area contributed by atoms with Crippen LogP contribution in [-0.4, -0.2) is 18.9 Å². The lowest BCUT2D eigenvalue weighted by Gasteiger charge is -2.10. The van der Waals surface area contributed by atoms with Crippen LogP contribution in [-0.2, 0) is 0 Å². The maximum absolute atomic E-state index is 13.3. The first-order valence-corrected chi connectivity index (χ1v) is 6.03. The first-order valence-electron chi connectivity index (χ1n) is 6.03. The molecule has 0 aliphatic rings. The summed E-state index contributed by atoms with van der Waals surface area (Å²) in [6.45, 7) is 4.10. The van der Waals surface area contributed by atoms with Crippen molar-refractivity contribution in [2.24, 2.45) is 0 Å². The maximum atomic E-state index is 13.3. The number of hydrogen-bond acceptors (Lipinski definition) is 3. The SMILES string of the molecule is CC(C)n1cncc1-c1nc2ccc(F)cn2c1N. The number of nitrogen functional groups attached to an aromatic ring is 1. The van der Waals surface area contributed by atoms with Crippen molar-refractivity contribution in [3.05, 3.63) is 36.7 Å². The van der Waals surface area contributed by atoms with E-state index in [4.69, 9.17) is 5.73 Å². The summed E-state index contributed by atoms with van der Waals surface area (Å²) in [5.41, 5.74) is 8.13. The van der Waals surface area contributed by atoms with E-state index in [0.29, 0.717) is 17.2 Å². The van der Waals surface area contributed by atoms with Gasteiger partial charge in [0.15, 0.2) is 0 Å². The first kappa shape index (κ1) is 11.7. The number of rotatable bonds is 2. The van der Waals surface area contributed by atoms with Gasteiger partial charge in [0, 0.05) is 12.2 Å². The molecular formula is C13H14FN5. The van der Waals surface area contributed by atoms with E-state index in [1.54, 1.807) is 23.0 Å². The van der Waals surface area contributed by atoms with E-state index in [1.807, 2.05) is 4.57 Å². The van der Waals surface area contributed by atoms with Crippen LogP contribution < -0.4 is 5.73 Å². The zero-order valence-corrected chi connectivity index (χ0v) is 10.7. The molecule has 3 aromatic heterocycles. The molecule has 0 fully saturated rings. The van der Waals surface area contributed by atoms with Gasteiger partial charge in [-0.05, 0) is 26.0 Å². The Bertz CT molecular complexity index is 741. The van der Waals surface area contributed by atoms with Crippen molar-refractivity contribution in [1.29, 1.82) is 0 Å². The zero-order chi connectivity index (χ0) is 13.6. The molecule has 98 valence electrons. The van der Waals surface area contributed by atoms with Gasteiger partial charge < -0.3 is 10.3 Å². The molecule has 19 heavy (non-hydrogen) atoms. The highest BCUT2D eigenvalue weighted by Crippen LogP contribution is 2.28. The average Bonchev–Trinajstić information content (AvgIpc) is 2.95. The molecule has 0 aliphatic heterocycles. The minimum atomic E-state index is -0.347. The monoisotopic (exact) mass is 259 g/mol. The first-order chi connectivity index (χ1) is 9.08. The largest absolute Gasteiger partial charge is 0.383 e. The Kier molecular flexibility index (Phi) is 2.51. The van der Waals surface area contributed by atoms with Crippen LogP contribution in [0.15, 0.2) is 30.9 Å². The molecular weight excluding hydrogens is 245 g/mol. The van der Waals surface area contributed by atoms with Crippen molar-refractivity contribution < 1.29 is 4.39 Å². The van der Waals surface area contributed by atoms with Gasteiger partial charge in [0.1, 0.15) is 23.0 Å². The van der Waals surface area contributed by atoms with Crippen LogP contribution in [0.3, 0.4) is 0 Å². The predicted octanol–water partition coefficient (Wildman–Crippen LogP) is 2.50. The molecule has 2 N–H and O–H groups in total. The lowest BCUT2D eigenvalue weighted by atomic mass is 10.3. The fourth-order valence-electron chi connectivity index (χ4n) is 2.12. The van der Waals surface area contributed by atoms with Crippen molar-refractivity contribution in [3.8, 4) is 11.4 Å². The highest BCUT2D eigenvalue weighted by atomic mass is 19.1. The summed E-state index contributed by atoms with van der Waals surface area (Å²) in [5.74, 6) is 0.0671. The molecule has 0 spiro atoms. The van der Waals surface area contributed by atoms with E-state index in [1.165, 1.54) is 12.3 Å². The Labute approximate surface area is 109 Å². The minimum Gasteiger partial charge on any atom is -0.383 e. The highest BCUT2D eigenvalue weighted by molar-refractivity contribution is 5.72. The van der Waals surface area contributed by atoms with Crippen molar-refractivity contribution >= 4 is 11.5 Å². The summed E-state index contributed by atoms with van der Waals surface area (Å²) < 4.78 is 16.8. The summed E-state index contributed by atoms with van der Waals surface area (Å²) in [5, 5.41) is 0. The summed E-state index contributed by atoms with van der Waals surface area (Å²) >= 11 is 0. The maximum Gasteiger partial charge on any atom is 0.140 e. The number of aromatic nitrogens is 4. The van der Waals surface area contributed by atoms with E-state index in [2.05, 4.69) is 23.8 Å². The standard InChI is InChI=1S/C13H14FN5/c1-8(2)19-7-16-5-10(19)12-13(15)18-6-9(14)3-4-11(18)17-12/h3-8H,15H2,1-2H3. The average molecular weight is 259 g/mol. The Balaban J connectivity index is 2.25. The van der Waals surface area contributed by atoms with Crippen LogP contribution in [0.25, 0.3) is 17.0 Å². The van der Waals surface area contributed by atoms with Crippen molar-refractivity contribution in [3.63, 3.8) is 0 Å². The second-order valence-electron chi connectivity index (χ2n) is 4.70. The van der Waals surface area contributed by atoms with Gasteiger partial charge in [0.2, 0.25) is 0 Å². The van der Waals surface area contributed by atoms with Gasteiger partial charge in [-0.3, -0.25) is 4.40 Å². The lowest BCUT2D eigenvalue weighted by Crippen LogP contribution is -2.02. The molecule has 0 bridgehead atoms. The van der Waals surface area contributed by atoms with Gasteiger partial charge in [-0.25, -0.2) is 14.4 Å². The summed E-state index contributed by atoms with van der Waals surface area (Å²) in [4.78, 5) is 8.58. The third-order valence-corrected chi connectivity index (χ3v) is 3.08. The van der Waals surface area contributed by atoms with E-state index in [-0.39, 0.29) is 11.9 Å². The van der Waals surface area contributed by atoms with E-state index in [9.17, 15) is 4.39 Å². The summed E-state index contributed by atoms with van der Waals surface area (Å²) in [6, 6.07) is 3.22. The Morgan fingerprint density at radius 1 is 1.32 bits per heavy atom. The second kappa shape index (κ2) is 4.08. The number of imidazole rings is 2. The minimum absolute atomic E-state index is 0.249. The topological polar surface area (TPSA) is 61.1 Å². The van der Waals surface area contributed by atoms with Gasteiger partial charge in [0.05, 0.1) is 18.2 Å². The zero-order valence-electron chi connectivity index (χ0n) is 10.7. The van der Waals surface area contributed by atoms with E-state index in [0.717, 1.165) is 5.69 Å². The molecule has 0 saturated heterocycles.